The average Bonchev–Trinajstić information content (AvgIpc) is 3.15. The zero-order valence-electron chi connectivity index (χ0n) is 13.0. The van der Waals surface area contributed by atoms with Crippen LogP contribution in [0.2, 0.25) is 0 Å². The lowest BCUT2D eigenvalue weighted by atomic mass is 10.1. The van der Waals surface area contributed by atoms with E-state index in [2.05, 4.69) is 41.3 Å². The molecule has 1 aliphatic heterocycles. The molecule has 3 rings (SSSR count). The Labute approximate surface area is 131 Å². The summed E-state index contributed by atoms with van der Waals surface area (Å²) in [6, 6.07) is 8.62. The largest absolute Gasteiger partial charge is 0.342 e. The number of carbonyl (C=O) groups excluding carboxylic acids is 1. The van der Waals surface area contributed by atoms with Crippen LogP contribution in [-0.4, -0.2) is 38.7 Å². The molecule has 2 aromatic rings. The van der Waals surface area contributed by atoms with Crippen LogP contribution in [0, 0.1) is 0 Å². The Balaban J connectivity index is 1.62. The fourth-order valence-electron chi connectivity index (χ4n) is 2.84. The maximum absolute atomic E-state index is 11.7. The van der Waals surface area contributed by atoms with Crippen molar-refractivity contribution in [2.45, 2.75) is 39.2 Å². The summed E-state index contributed by atoms with van der Waals surface area (Å²) in [4.78, 5) is 17.9. The molecule has 0 spiro atoms. The first-order valence-corrected chi connectivity index (χ1v) is 7.98. The molecule has 0 atom stereocenters. The molecule has 0 unspecified atom stereocenters. The molecular formula is C17H22N4O. The van der Waals surface area contributed by atoms with Crippen molar-refractivity contribution < 1.29 is 4.79 Å². The van der Waals surface area contributed by atoms with Gasteiger partial charge >= 0.3 is 0 Å². The van der Waals surface area contributed by atoms with Gasteiger partial charge in [0.15, 0.2) is 0 Å². The third-order valence-electron chi connectivity index (χ3n) is 4.24. The molecule has 1 aromatic carbocycles. The van der Waals surface area contributed by atoms with Crippen molar-refractivity contribution in [1.82, 2.24) is 19.7 Å². The highest BCUT2D eigenvalue weighted by Crippen LogP contribution is 2.11. The first-order valence-electron chi connectivity index (χ1n) is 7.98. The third-order valence-corrected chi connectivity index (χ3v) is 4.24. The van der Waals surface area contributed by atoms with E-state index in [4.69, 9.17) is 0 Å². The van der Waals surface area contributed by atoms with E-state index >= 15 is 0 Å². The van der Waals surface area contributed by atoms with Gasteiger partial charge in [0.25, 0.3) is 0 Å². The Kier molecular flexibility index (Phi) is 4.51. The number of carbonyl (C=O) groups is 1. The first-order chi connectivity index (χ1) is 10.8. The lowest BCUT2D eigenvalue weighted by Gasteiger charge is -2.15. The number of nitrogens with zero attached hydrogens (tertiary/aromatic N) is 4. The van der Waals surface area contributed by atoms with Gasteiger partial charge in [0.05, 0.1) is 6.54 Å². The summed E-state index contributed by atoms with van der Waals surface area (Å²) >= 11 is 0. The lowest BCUT2D eigenvalue weighted by molar-refractivity contribution is -0.127. The molecule has 116 valence electrons. The van der Waals surface area contributed by atoms with Crippen LogP contribution in [0.4, 0.5) is 0 Å². The van der Waals surface area contributed by atoms with Crippen LogP contribution in [0.1, 0.15) is 36.7 Å². The summed E-state index contributed by atoms with van der Waals surface area (Å²) in [6.07, 6.45) is 5.09. The smallest absolute Gasteiger partial charge is 0.222 e. The van der Waals surface area contributed by atoms with Crippen molar-refractivity contribution in [3.63, 3.8) is 0 Å². The van der Waals surface area contributed by atoms with Crippen LogP contribution in [0.25, 0.3) is 0 Å². The minimum atomic E-state index is 0.265. The molecule has 1 saturated heterocycles. The molecule has 0 radical (unpaired) electrons. The number of aryl methyl sites for hydroxylation is 1. The molecule has 2 heterocycles. The maximum Gasteiger partial charge on any atom is 0.222 e. The van der Waals surface area contributed by atoms with E-state index in [0.29, 0.717) is 6.42 Å². The molecule has 1 fully saturated rings. The highest BCUT2D eigenvalue weighted by Gasteiger charge is 2.20. The van der Waals surface area contributed by atoms with Crippen LogP contribution in [0.15, 0.2) is 30.6 Å². The van der Waals surface area contributed by atoms with Crippen LogP contribution < -0.4 is 0 Å². The number of rotatable bonds is 6. The first kappa shape index (κ1) is 14.8. The summed E-state index contributed by atoms with van der Waals surface area (Å²) in [5.41, 5.74) is 2.57. The normalized spacial score (nSPS) is 14.8. The average molecular weight is 298 g/mol. The van der Waals surface area contributed by atoms with Crippen LogP contribution in [0.3, 0.4) is 0 Å². The minimum Gasteiger partial charge on any atom is -0.342 e. The number of aromatic nitrogens is 3. The zero-order chi connectivity index (χ0) is 15.4. The Morgan fingerprint density at radius 2 is 1.95 bits per heavy atom. The third kappa shape index (κ3) is 3.35. The quantitative estimate of drug-likeness (QED) is 0.820. The lowest BCUT2D eigenvalue weighted by Crippen LogP contribution is -2.27. The summed E-state index contributed by atoms with van der Waals surface area (Å²) in [5.74, 6) is 1.21. The molecule has 0 N–H and O–H groups in total. The van der Waals surface area contributed by atoms with E-state index in [9.17, 15) is 4.79 Å². The van der Waals surface area contributed by atoms with Crippen LogP contribution in [0.5, 0.6) is 0 Å². The SMILES string of the molecule is CCc1ccc(Cn2ncnc2CCN2CCCC2=O)cc1. The Bertz CT molecular complexity index is 632. The van der Waals surface area contributed by atoms with Gasteiger partial charge in [-0.2, -0.15) is 5.10 Å². The summed E-state index contributed by atoms with van der Waals surface area (Å²) in [5, 5.41) is 4.32. The standard InChI is InChI=1S/C17H22N4O/c1-2-14-5-7-15(8-6-14)12-21-16(18-13-19-21)9-11-20-10-3-4-17(20)22/h5-8,13H,2-4,9-12H2,1H3. The summed E-state index contributed by atoms with van der Waals surface area (Å²) in [6.45, 7) is 4.51. The van der Waals surface area contributed by atoms with Gasteiger partial charge in [-0.15, -0.1) is 0 Å². The fraction of sp³-hybridized carbons (Fsp3) is 0.471. The predicted octanol–water partition coefficient (Wildman–Crippen LogP) is 2.05. The number of benzene rings is 1. The minimum absolute atomic E-state index is 0.265. The van der Waals surface area contributed by atoms with Gasteiger partial charge in [0.2, 0.25) is 5.91 Å². The molecule has 0 bridgehead atoms. The van der Waals surface area contributed by atoms with E-state index < -0.39 is 0 Å². The van der Waals surface area contributed by atoms with E-state index in [1.165, 1.54) is 11.1 Å². The Hall–Kier alpha value is -2.17. The number of likely N-dealkylation sites (tertiary alicyclic amines) is 1. The molecule has 1 amide bonds. The van der Waals surface area contributed by atoms with Gasteiger partial charge in [-0.25, -0.2) is 9.67 Å². The second-order valence-electron chi connectivity index (χ2n) is 5.74. The van der Waals surface area contributed by atoms with Crippen molar-refractivity contribution in [2.75, 3.05) is 13.1 Å². The Morgan fingerprint density at radius 1 is 1.18 bits per heavy atom. The monoisotopic (exact) mass is 298 g/mol. The van der Waals surface area contributed by atoms with E-state index in [1.54, 1.807) is 6.33 Å². The fourth-order valence-corrected chi connectivity index (χ4v) is 2.84. The summed E-state index contributed by atoms with van der Waals surface area (Å²) < 4.78 is 1.93. The number of hydrogen-bond acceptors (Lipinski definition) is 3. The Morgan fingerprint density at radius 3 is 2.64 bits per heavy atom. The van der Waals surface area contributed by atoms with E-state index in [1.807, 2.05) is 9.58 Å². The van der Waals surface area contributed by atoms with Gasteiger partial charge in [-0.05, 0) is 24.0 Å². The van der Waals surface area contributed by atoms with Crippen molar-refractivity contribution in [3.8, 4) is 0 Å². The van der Waals surface area contributed by atoms with Gasteiger partial charge in [-0.3, -0.25) is 4.79 Å². The number of amides is 1. The van der Waals surface area contributed by atoms with Crippen LogP contribution >= 0.6 is 0 Å². The van der Waals surface area contributed by atoms with Crippen LogP contribution in [-0.2, 0) is 24.2 Å². The number of hydrogen-bond donors (Lipinski definition) is 0. The van der Waals surface area contributed by atoms with Crippen molar-refractivity contribution in [2.24, 2.45) is 0 Å². The molecule has 22 heavy (non-hydrogen) atoms. The molecule has 5 nitrogen and oxygen atoms in total. The molecular weight excluding hydrogens is 276 g/mol. The molecule has 5 heteroatoms. The summed E-state index contributed by atoms with van der Waals surface area (Å²) in [7, 11) is 0. The van der Waals surface area contributed by atoms with Gasteiger partial charge < -0.3 is 4.90 Å². The topological polar surface area (TPSA) is 51.0 Å². The van der Waals surface area contributed by atoms with Gasteiger partial charge in [0, 0.05) is 25.9 Å². The second kappa shape index (κ2) is 6.73. The van der Waals surface area contributed by atoms with Crippen molar-refractivity contribution in [1.29, 1.82) is 0 Å². The predicted molar refractivity (Wildman–Crippen MR) is 84.5 cm³/mol. The molecule has 1 aliphatic rings. The van der Waals surface area contributed by atoms with Gasteiger partial charge in [-0.1, -0.05) is 31.2 Å². The van der Waals surface area contributed by atoms with E-state index in [-0.39, 0.29) is 5.91 Å². The second-order valence-corrected chi connectivity index (χ2v) is 5.74. The molecule has 1 aromatic heterocycles. The maximum atomic E-state index is 11.7. The molecule has 0 saturated carbocycles. The van der Waals surface area contributed by atoms with Gasteiger partial charge in [0.1, 0.15) is 12.2 Å². The van der Waals surface area contributed by atoms with Crippen molar-refractivity contribution in [3.05, 3.63) is 47.5 Å². The van der Waals surface area contributed by atoms with Crippen molar-refractivity contribution >= 4 is 5.91 Å². The highest BCUT2D eigenvalue weighted by molar-refractivity contribution is 5.78. The molecule has 0 aliphatic carbocycles. The van der Waals surface area contributed by atoms with E-state index in [0.717, 1.165) is 44.7 Å². The highest BCUT2D eigenvalue weighted by atomic mass is 16.2. The zero-order valence-corrected chi connectivity index (χ0v) is 13.0.